The molecule has 1 saturated heterocycles. The molecule has 1 aromatic heterocycles. The molecule has 3 rings (SSSR count). The van der Waals surface area contributed by atoms with Gasteiger partial charge in [-0.05, 0) is 30.9 Å². The predicted octanol–water partition coefficient (Wildman–Crippen LogP) is 2.19. The number of rotatable bonds is 4. The van der Waals surface area contributed by atoms with Gasteiger partial charge >= 0.3 is 0 Å². The predicted molar refractivity (Wildman–Crippen MR) is 94.2 cm³/mol. The molecule has 0 bridgehead atoms. The number of nitrogens with zero attached hydrogens (tertiary/aromatic N) is 2. The first-order valence-electron chi connectivity index (χ1n) is 8.36. The van der Waals surface area contributed by atoms with Crippen LogP contribution in [0.15, 0.2) is 41.3 Å². The maximum Gasteiger partial charge on any atom is 0.266 e. The summed E-state index contributed by atoms with van der Waals surface area (Å²) in [4.78, 5) is 26.2. The molecule has 0 spiro atoms. The first kappa shape index (κ1) is 16.2. The third kappa shape index (κ3) is 3.64. The fraction of sp³-hybridized carbons (Fsp3) is 0.389. The number of nitrogens with one attached hydrogen (secondary N) is 2. The summed E-state index contributed by atoms with van der Waals surface area (Å²) in [6.07, 6.45) is 4.29. The van der Waals surface area contributed by atoms with Gasteiger partial charge in [-0.15, -0.1) is 0 Å². The second kappa shape index (κ2) is 7.29. The zero-order valence-electron chi connectivity index (χ0n) is 13.8. The van der Waals surface area contributed by atoms with E-state index < -0.39 is 0 Å². The quantitative estimate of drug-likeness (QED) is 0.903. The fourth-order valence-electron chi connectivity index (χ4n) is 3.15. The van der Waals surface area contributed by atoms with Crippen molar-refractivity contribution < 1.29 is 4.79 Å². The maximum absolute atomic E-state index is 12.7. The molecule has 0 aliphatic carbocycles. The molecule has 1 fully saturated rings. The van der Waals surface area contributed by atoms with Crippen molar-refractivity contribution >= 4 is 17.3 Å². The van der Waals surface area contributed by atoms with Crippen LogP contribution in [0.4, 0.5) is 11.4 Å². The van der Waals surface area contributed by atoms with Gasteiger partial charge in [0.25, 0.3) is 5.56 Å². The Morgan fingerprint density at radius 1 is 1.42 bits per heavy atom. The summed E-state index contributed by atoms with van der Waals surface area (Å²) >= 11 is 0. The van der Waals surface area contributed by atoms with Crippen molar-refractivity contribution in [3.63, 3.8) is 0 Å². The zero-order valence-corrected chi connectivity index (χ0v) is 13.8. The first-order chi connectivity index (χ1) is 11.7. The molecular formula is C18H22N4O2. The lowest BCUT2D eigenvalue weighted by Gasteiger charge is -2.33. The van der Waals surface area contributed by atoms with Crippen LogP contribution < -0.4 is 15.8 Å². The molecular weight excluding hydrogens is 304 g/mol. The number of carbonyl (C=O) groups is 1. The van der Waals surface area contributed by atoms with E-state index in [0.29, 0.717) is 6.54 Å². The summed E-state index contributed by atoms with van der Waals surface area (Å²) < 4.78 is 0. The molecule has 1 unspecified atom stereocenters. The molecule has 6 heteroatoms. The SMILES string of the molecule is CCc1ccccc1NC(=O)C1CCCN(c2cn[nH]c(=O)c2)C1. The number of amides is 1. The standard InChI is InChI=1S/C18H22N4O2/c1-2-13-6-3-4-8-16(13)20-18(24)14-7-5-9-22(12-14)15-10-17(23)21-19-11-15/h3-4,6,8,10-11,14H,2,5,7,9,12H2,1H3,(H,20,24)(H,21,23). The van der Waals surface area contributed by atoms with Crippen LogP contribution in [-0.2, 0) is 11.2 Å². The average molecular weight is 326 g/mol. The minimum Gasteiger partial charge on any atom is -0.369 e. The minimum absolute atomic E-state index is 0.0402. The highest BCUT2D eigenvalue weighted by Gasteiger charge is 2.26. The molecule has 0 saturated carbocycles. The molecule has 1 aromatic carbocycles. The van der Waals surface area contributed by atoms with E-state index >= 15 is 0 Å². The van der Waals surface area contributed by atoms with E-state index in [4.69, 9.17) is 0 Å². The van der Waals surface area contributed by atoms with Crippen LogP contribution in [-0.4, -0.2) is 29.2 Å². The highest BCUT2D eigenvalue weighted by atomic mass is 16.2. The lowest BCUT2D eigenvalue weighted by Crippen LogP contribution is -2.41. The number of H-pyrrole nitrogens is 1. The van der Waals surface area contributed by atoms with Crippen LogP contribution in [0.2, 0.25) is 0 Å². The van der Waals surface area contributed by atoms with Crippen LogP contribution >= 0.6 is 0 Å². The van der Waals surface area contributed by atoms with Crippen LogP contribution in [0.3, 0.4) is 0 Å². The maximum atomic E-state index is 12.7. The summed E-state index contributed by atoms with van der Waals surface area (Å²) in [5.74, 6) is -0.0543. The second-order valence-electron chi connectivity index (χ2n) is 6.09. The van der Waals surface area contributed by atoms with Gasteiger partial charge in [-0.3, -0.25) is 9.59 Å². The average Bonchev–Trinajstić information content (AvgIpc) is 2.62. The third-order valence-corrected chi connectivity index (χ3v) is 4.46. The Bertz CT molecular complexity index is 771. The molecule has 2 N–H and O–H groups in total. The van der Waals surface area contributed by atoms with E-state index in [-0.39, 0.29) is 17.4 Å². The Morgan fingerprint density at radius 2 is 2.25 bits per heavy atom. The Morgan fingerprint density at radius 3 is 3.04 bits per heavy atom. The summed E-state index contributed by atoms with van der Waals surface area (Å²) in [6.45, 7) is 3.51. The first-order valence-corrected chi connectivity index (χ1v) is 8.36. The molecule has 24 heavy (non-hydrogen) atoms. The molecule has 2 aromatic rings. The van der Waals surface area contributed by atoms with Crippen LogP contribution in [0, 0.1) is 5.92 Å². The second-order valence-corrected chi connectivity index (χ2v) is 6.09. The monoisotopic (exact) mass is 326 g/mol. The molecule has 126 valence electrons. The number of aromatic amines is 1. The Hall–Kier alpha value is -2.63. The molecule has 0 radical (unpaired) electrons. The van der Waals surface area contributed by atoms with E-state index in [0.717, 1.165) is 42.7 Å². The van der Waals surface area contributed by atoms with Gasteiger partial charge < -0.3 is 10.2 Å². The number of carbonyl (C=O) groups excluding carboxylic acids is 1. The molecule has 1 aliphatic heterocycles. The van der Waals surface area contributed by atoms with Gasteiger partial charge in [-0.25, -0.2) is 5.10 Å². The smallest absolute Gasteiger partial charge is 0.266 e. The summed E-state index contributed by atoms with van der Waals surface area (Å²) in [5.41, 5.74) is 2.57. The number of hydrogen-bond acceptors (Lipinski definition) is 4. The Balaban J connectivity index is 1.70. The van der Waals surface area contributed by atoms with E-state index in [1.165, 1.54) is 6.07 Å². The number of para-hydroxylation sites is 1. The summed E-state index contributed by atoms with van der Waals surface area (Å²) in [7, 11) is 0. The van der Waals surface area contributed by atoms with Crippen molar-refractivity contribution in [2.45, 2.75) is 26.2 Å². The van der Waals surface area contributed by atoms with Gasteiger partial charge in [0.15, 0.2) is 0 Å². The Kier molecular flexibility index (Phi) is 4.93. The third-order valence-electron chi connectivity index (χ3n) is 4.46. The van der Waals surface area contributed by atoms with Crippen LogP contribution in [0.5, 0.6) is 0 Å². The van der Waals surface area contributed by atoms with Crippen molar-refractivity contribution in [2.75, 3.05) is 23.3 Å². The van der Waals surface area contributed by atoms with Gasteiger partial charge in [0.05, 0.1) is 17.8 Å². The van der Waals surface area contributed by atoms with E-state index in [2.05, 4.69) is 27.3 Å². The van der Waals surface area contributed by atoms with Crippen molar-refractivity contribution in [3.05, 3.63) is 52.4 Å². The Labute approximate surface area is 140 Å². The topological polar surface area (TPSA) is 78.1 Å². The van der Waals surface area contributed by atoms with Gasteiger partial charge in [0.1, 0.15) is 0 Å². The molecule has 1 aliphatic rings. The summed E-state index contributed by atoms with van der Waals surface area (Å²) in [5, 5.41) is 9.28. The lowest BCUT2D eigenvalue weighted by atomic mass is 9.96. The van der Waals surface area contributed by atoms with Crippen molar-refractivity contribution in [3.8, 4) is 0 Å². The van der Waals surface area contributed by atoms with E-state index in [1.54, 1.807) is 6.20 Å². The normalized spacial score (nSPS) is 17.5. The lowest BCUT2D eigenvalue weighted by molar-refractivity contribution is -0.120. The molecule has 1 atom stereocenters. The van der Waals surface area contributed by atoms with Gasteiger partial charge in [-0.1, -0.05) is 25.1 Å². The largest absolute Gasteiger partial charge is 0.369 e. The van der Waals surface area contributed by atoms with Gasteiger partial charge in [0, 0.05) is 24.8 Å². The highest BCUT2D eigenvalue weighted by Crippen LogP contribution is 2.24. The molecule has 2 heterocycles. The van der Waals surface area contributed by atoms with Gasteiger partial charge in [0.2, 0.25) is 5.91 Å². The zero-order chi connectivity index (χ0) is 16.9. The number of piperidine rings is 1. The van der Waals surface area contributed by atoms with Gasteiger partial charge in [-0.2, -0.15) is 5.10 Å². The minimum atomic E-state index is -0.226. The number of benzene rings is 1. The number of hydrogen-bond donors (Lipinski definition) is 2. The van der Waals surface area contributed by atoms with Crippen molar-refractivity contribution in [1.82, 2.24) is 10.2 Å². The number of aromatic nitrogens is 2. The number of anilines is 2. The van der Waals surface area contributed by atoms with E-state index in [1.807, 2.05) is 24.3 Å². The van der Waals surface area contributed by atoms with Crippen LogP contribution in [0.1, 0.15) is 25.3 Å². The fourth-order valence-corrected chi connectivity index (χ4v) is 3.15. The number of aryl methyl sites for hydroxylation is 1. The highest BCUT2D eigenvalue weighted by molar-refractivity contribution is 5.93. The molecule has 6 nitrogen and oxygen atoms in total. The van der Waals surface area contributed by atoms with Crippen LogP contribution in [0.25, 0.3) is 0 Å². The van der Waals surface area contributed by atoms with Crippen molar-refractivity contribution in [2.24, 2.45) is 5.92 Å². The van der Waals surface area contributed by atoms with E-state index in [9.17, 15) is 9.59 Å². The molecule has 1 amide bonds. The summed E-state index contributed by atoms with van der Waals surface area (Å²) in [6, 6.07) is 9.42. The van der Waals surface area contributed by atoms with Crippen molar-refractivity contribution in [1.29, 1.82) is 0 Å².